The Bertz CT molecular complexity index is 1690. The lowest BCUT2D eigenvalue weighted by Crippen LogP contribution is -2.10. The Morgan fingerprint density at radius 2 is 1.44 bits per heavy atom. The second kappa shape index (κ2) is 9.22. The van der Waals surface area contributed by atoms with Gasteiger partial charge in [-0.2, -0.15) is 0 Å². The molecule has 3 heteroatoms. The number of benzene rings is 4. The summed E-state index contributed by atoms with van der Waals surface area (Å²) in [5, 5.41) is 2.77. The lowest BCUT2D eigenvalue weighted by molar-refractivity contribution is 0.635. The molecule has 0 saturated heterocycles. The minimum atomic E-state index is 0.543. The Labute approximate surface area is 217 Å². The van der Waals surface area contributed by atoms with E-state index in [0.717, 1.165) is 29.7 Å². The monoisotopic (exact) mass is 488 g/mol. The van der Waals surface area contributed by atoms with E-state index in [1.165, 1.54) is 42.5 Å². The molecule has 2 heterocycles. The molecule has 0 N–H and O–H groups in total. The Hall–Kier alpha value is -3.43. The van der Waals surface area contributed by atoms with Crippen LogP contribution in [0.2, 0.25) is 0 Å². The molecule has 0 spiro atoms. The summed E-state index contributed by atoms with van der Waals surface area (Å²) >= 11 is 1.94. The van der Waals surface area contributed by atoms with Crippen LogP contribution >= 0.6 is 11.3 Å². The third kappa shape index (κ3) is 3.92. The normalized spacial score (nSPS) is 12.1. The molecule has 6 aromatic rings. The number of fused-ring (bicyclic) bond motifs is 4. The predicted octanol–water partition coefficient (Wildman–Crippen LogP) is 9.46. The fraction of sp³-hybridized carbons (Fsp3) is 0.242. The first-order valence-electron chi connectivity index (χ1n) is 13.0. The Balaban J connectivity index is 1.79. The van der Waals surface area contributed by atoms with Gasteiger partial charge in [0.05, 0.1) is 16.7 Å². The van der Waals surface area contributed by atoms with E-state index in [0.29, 0.717) is 11.8 Å². The topological polar surface area (TPSA) is 17.8 Å². The maximum absolute atomic E-state index is 5.19. The van der Waals surface area contributed by atoms with Gasteiger partial charge < -0.3 is 0 Å². The summed E-state index contributed by atoms with van der Waals surface area (Å²) in [7, 11) is 0. The largest absolute Gasteiger partial charge is 0.292 e. The molecule has 2 aromatic heterocycles. The van der Waals surface area contributed by atoms with E-state index in [4.69, 9.17) is 4.98 Å². The van der Waals surface area contributed by atoms with E-state index in [-0.39, 0.29) is 0 Å². The zero-order valence-corrected chi connectivity index (χ0v) is 22.3. The van der Waals surface area contributed by atoms with Gasteiger partial charge in [-0.3, -0.25) is 4.57 Å². The van der Waals surface area contributed by atoms with Crippen LogP contribution in [0.15, 0.2) is 84.9 Å². The molecule has 4 aromatic carbocycles. The minimum Gasteiger partial charge on any atom is -0.292 e. The van der Waals surface area contributed by atoms with E-state index >= 15 is 0 Å². The summed E-state index contributed by atoms with van der Waals surface area (Å²) in [6, 6.07) is 30.6. The number of aromatic nitrogens is 2. The van der Waals surface area contributed by atoms with Crippen LogP contribution in [0.3, 0.4) is 0 Å². The molecular weight excluding hydrogens is 456 g/mol. The van der Waals surface area contributed by atoms with Crippen molar-refractivity contribution in [1.82, 2.24) is 9.55 Å². The number of rotatable bonds is 6. The second-order valence-corrected chi connectivity index (χ2v) is 11.7. The van der Waals surface area contributed by atoms with E-state index < -0.39 is 0 Å². The molecule has 0 atom stereocenters. The van der Waals surface area contributed by atoms with Crippen LogP contribution in [-0.4, -0.2) is 9.55 Å². The zero-order valence-electron chi connectivity index (χ0n) is 21.5. The standard InChI is InChI=1S/C33H32N2S/c1-21(2)18-24-20-26-25-14-8-11-17-30(25)36-32(26)27(19-22(3)4)31(24)35-29-16-10-9-15-28(29)34-33(35)23-12-6-5-7-13-23/h5-17,20-22H,18-19H2,1-4H3. The summed E-state index contributed by atoms with van der Waals surface area (Å²) in [4.78, 5) is 5.19. The fourth-order valence-electron chi connectivity index (χ4n) is 5.48. The van der Waals surface area contributed by atoms with Crippen molar-refractivity contribution < 1.29 is 0 Å². The molecule has 0 unspecified atom stereocenters. The number of nitrogens with zero attached hydrogens (tertiary/aromatic N) is 2. The number of thiophene rings is 1. The molecule has 0 aliphatic carbocycles. The fourth-order valence-corrected chi connectivity index (χ4v) is 6.72. The Morgan fingerprint density at radius 1 is 0.750 bits per heavy atom. The van der Waals surface area contributed by atoms with Crippen molar-refractivity contribution in [2.45, 2.75) is 40.5 Å². The number of hydrogen-bond donors (Lipinski definition) is 0. The number of hydrogen-bond acceptors (Lipinski definition) is 2. The third-order valence-corrected chi connectivity index (χ3v) is 8.12. The summed E-state index contributed by atoms with van der Waals surface area (Å²) in [6.07, 6.45) is 2.06. The van der Waals surface area contributed by atoms with Crippen LogP contribution in [0.1, 0.15) is 38.8 Å². The molecule has 0 saturated carbocycles. The molecule has 0 aliphatic rings. The van der Waals surface area contributed by atoms with Crippen molar-refractivity contribution >= 4 is 42.5 Å². The first-order chi connectivity index (χ1) is 17.5. The van der Waals surface area contributed by atoms with Gasteiger partial charge in [-0.25, -0.2) is 4.98 Å². The van der Waals surface area contributed by atoms with E-state index in [9.17, 15) is 0 Å². The summed E-state index contributed by atoms with van der Waals surface area (Å²) < 4.78 is 5.25. The Kier molecular flexibility index (Phi) is 5.89. The smallest absolute Gasteiger partial charge is 0.145 e. The molecule has 0 amide bonds. The van der Waals surface area contributed by atoms with Gasteiger partial charge in [0.2, 0.25) is 0 Å². The maximum atomic E-state index is 5.19. The molecule has 0 bridgehead atoms. The first-order valence-corrected chi connectivity index (χ1v) is 13.8. The van der Waals surface area contributed by atoms with Crippen molar-refractivity contribution in [3.63, 3.8) is 0 Å². The minimum absolute atomic E-state index is 0.543. The van der Waals surface area contributed by atoms with Crippen molar-refractivity contribution in [1.29, 1.82) is 0 Å². The predicted molar refractivity (Wildman–Crippen MR) is 156 cm³/mol. The zero-order chi connectivity index (χ0) is 24.8. The number of imidazole rings is 1. The molecule has 0 fully saturated rings. The van der Waals surface area contributed by atoms with Crippen LogP contribution < -0.4 is 0 Å². The highest BCUT2D eigenvalue weighted by Gasteiger charge is 2.24. The lowest BCUT2D eigenvalue weighted by atomic mass is 9.91. The van der Waals surface area contributed by atoms with E-state index in [1.54, 1.807) is 0 Å². The van der Waals surface area contributed by atoms with Crippen LogP contribution in [0.25, 0.3) is 48.3 Å². The molecule has 0 radical (unpaired) electrons. The number of para-hydroxylation sites is 2. The highest BCUT2D eigenvalue weighted by molar-refractivity contribution is 7.26. The van der Waals surface area contributed by atoms with Gasteiger partial charge in [-0.1, -0.05) is 88.4 Å². The summed E-state index contributed by atoms with van der Waals surface area (Å²) in [5.41, 5.74) is 7.57. The van der Waals surface area contributed by atoms with Crippen molar-refractivity contribution in [3.8, 4) is 17.1 Å². The molecule has 180 valence electrons. The molecule has 0 aliphatic heterocycles. The van der Waals surface area contributed by atoms with Crippen molar-refractivity contribution in [2.24, 2.45) is 11.8 Å². The highest BCUT2D eigenvalue weighted by atomic mass is 32.1. The van der Waals surface area contributed by atoms with E-state index in [2.05, 4.69) is 117 Å². The van der Waals surface area contributed by atoms with Gasteiger partial charge in [-0.15, -0.1) is 11.3 Å². The summed E-state index contributed by atoms with van der Waals surface area (Å²) in [5.74, 6) is 2.11. The maximum Gasteiger partial charge on any atom is 0.145 e. The van der Waals surface area contributed by atoms with Gasteiger partial charge >= 0.3 is 0 Å². The highest BCUT2D eigenvalue weighted by Crippen LogP contribution is 2.43. The van der Waals surface area contributed by atoms with Gasteiger partial charge in [0.1, 0.15) is 5.82 Å². The van der Waals surface area contributed by atoms with Gasteiger partial charge in [0.15, 0.2) is 0 Å². The third-order valence-electron chi connectivity index (χ3n) is 6.87. The van der Waals surface area contributed by atoms with Gasteiger partial charge in [-0.05, 0) is 60.1 Å². The van der Waals surface area contributed by atoms with E-state index in [1.807, 2.05) is 11.3 Å². The lowest BCUT2D eigenvalue weighted by Gasteiger charge is -2.22. The molecule has 2 nitrogen and oxygen atoms in total. The van der Waals surface area contributed by atoms with Crippen LogP contribution in [0, 0.1) is 11.8 Å². The molecule has 6 rings (SSSR count). The quantitative estimate of drug-likeness (QED) is 0.228. The van der Waals surface area contributed by atoms with Crippen molar-refractivity contribution in [3.05, 3.63) is 96.1 Å². The first kappa shape index (κ1) is 23.0. The van der Waals surface area contributed by atoms with Crippen LogP contribution in [-0.2, 0) is 12.8 Å². The van der Waals surface area contributed by atoms with Crippen molar-refractivity contribution in [2.75, 3.05) is 0 Å². The van der Waals surface area contributed by atoms with Crippen LogP contribution in [0.4, 0.5) is 0 Å². The van der Waals surface area contributed by atoms with Gasteiger partial charge in [0.25, 0.3) is 0 Å². The average molecular weight is 489 g/mol. The second-order valence-electron chi connectivity index (χ2n) is 10.7. The molecule has 36 heavy (non-hydrogen) atoms. The molecular formula is C33H32N2S. The van der Waals surface area contributed by atoms with Crippen LogP contribution in [0.5, 0.6) is 0 Å². The Morgan fingerprint density at radius 3 is 2.22 bits per heavy atom. The van der Waals surface area contributed by atoms with Gasteiger partial charge in [0, 0.05) is 25.7 Å². The summed E-state index contributed by atoms with van der Waals surface area (Å²) in [6.45, 7) is 9.32. The average Bonchev–Trinajstić information content (AvgIpc) is 3.43. The SMILES string of the molecule is CC(C)Cc1cc2c(sc3ccccc32)c(CC(C)C)c1-n1c(-c2ccccc2)nc2ccccc21.